The summed E-state index contributed by atoms with van der Waals surface area (Å²) in [5.41, 5.74) is 7.08. The van der Waals surface area contributed by atoms with E-state index in [1.807, 2.05) is 6.92 Å². The first-order valence-corrected chi connectivity index (χ1v) is 7.15. The van der Waals surface area contributed by atoms with E-state index in [0.29, 0.717) is 14.8 Å². The quantitative estimate of drug-likeness (QED) is 0.591. The molecule has 0 aliphatic rings. The lowest BCUT2D eigenvalue weighted by Crippen LogP contribution is -2.14. The molecule has 0 aliphatic carbocycles. The van der Waals surface area contributed by atoms with Gasteiger partial charge in [0.1, 0.15) is 10.4 Å². The maximum atomic E-state index is 13.2. The minimum atomic E-state index is -0.574. The highest BCUT2D eigenvalue weighted by Crippen LogP contribution is 2.24. The molecule has 4 nitrogen and oxygen atoms in total. The summed E-state index contributed by atoms with van der Waals surface area (Å²) in [6.45, 7) is 1.86. The van der Waals surface area contributed by atoms with E-state index in [1.54, 1.807) is 6.07 Å². The van der Waals surface area contributed by atoms with Crippen molar-refractivity contribution < 1.29 is 9.18 Å². The van der Waals surface area contributed by atoms with Gasteiger partial charge in [0.05, 0.1) is 23.1 Å². The van der Waals surface area contributed by atoms with Gasteiger partial charge in [-0.15, -0.1) is 0 Å². The molecule has 2 aromatic rings. The normalized spacial score (nSPS) is 10.4. The number of nitrogen functional groups attached to an aromatic ring is 1. The van der Waals surface area contributed by atoms with Crippen LogP contribution in [0.15, 0.2) is 33.5 Å². The Bertz CT molecular complexity index is 692. The van der Waals surface area contributed by atoms with Crippen LogP contribution in [0.4, 0.5) is 15.8 Å². The lowest BCUT2D eigenvalue weighted by molar-refractivity contribution is 0.102. The first-order chi connectivity index (χ1) is 9.38. The molecule has 3 N–H and O–H groups in total. The summed E-state index contributed by atoms with van der Waals surface area (Å²) in [6, 6.07) is 4.22. The first-order valence-electron chi connectivity index (χ1n) is 5.56. The SMILES string of the molecule is Cc1cc(NC(=O)c2cc(N)c(F)cc2Br)cnc1Br. The third-order valence-electron chi connectivity index (χ3n) is 2.60. The zero-order valence-corrected chi connectivity index (χ0v) is 13.5. The van der Waals surface area contributed by atoms with Crippen molar-refractivity contribution in [2.75, 3.05) is 11.1 Å². The average Bonchev–Trinajstić information content (AvgIpc) is 2.38. The third-order valence-corrected chi connectivity index (χ3v) is 4.09. The largest absolute Gasteiger partial charge is 0.396 e. The molecule has 7 heteroatoms. The van der Waals surface area contributed by atoms with Gasteiger partial charge in [-0.05, 0) is 62.5 Å². The van der Waals surface area contributed by atoms with E-state index in [1.165, 1.54) is 12.3 Å². The Labute approximate surface area is 131 Å². The maximum Gasteiger partial charge on any atom is 0.256 e. The van der Waals surface area contributed by atoms with Crippen molar-refractivity contribution in [2.45, 2.75) is 6.92 Å². The van der Waals surface area contributed by atoms with Gasteiger partial charge in [-0.25, -0.2) is 9.37 Å². The number of halogens is 3. The first kappa shape index (κ1) is 14.9. The molecule has 0 fully saturated rings. The van der Waals surface area contributed by atoms with Crippen molar-refractivity contribution in [3.63, 3.8) is 0 Å². The Kier molecular flexibility index (Phi) is 4.39. The molecule has 20 heavy (non-hydrogen) atoms. The van der Waals surface area contributed by atoms with E-state index in [-0.39, 0.29) is 11.3 Å². The van der Waals surface area contributed by atoms with Crippen molar-refractivity contribution >= 4 is 49.1 Å². The predicted molar refractivity (Wildman–Crippen MR) is 83.1 cm³/mol. The van der Waals surface area contributed by atoms with Gasteiger partial charge in [0.2, 0.25) is 0 Å². The number of carbonyl (C=O) groups excluding carboxylic acids is 1. The topological polar surface area (TPSA) is 68.0 Å². The van der Waals surface area contributed by atoms with Crippen LogP contribution in [-0.2, 0) is 0 Å². The second-order valence-electron chi connectivity index (χ2n) is 4.14. The number of hydrogen-bond donors (Lipinski definition) is 2. The van der Waals surface area contributed by atoms with E-state index < -0.39 is 11.7 Å². The fourth-order valence-electron chi connectivity index (χ4n) is 1.56. The van der Waals surface area contributed by atoms with Crippen LogP contribution in [-0.4, -0.2) is 10.9 Å². The van der Waals surface area contributed by atoms with E-state index in [9.17, 15) is 9.18 Å². The van der Waals surface area contributed by atoms with Gasteiger partial charge in [-0.3, -0.25) is 4.79 Å². The van der Waals surface area contributed by atoms with E-state index in [0.717, 1.165) is 11.6 Å². The van der Waals surface area contributed by atoms with Gasteiger partial charge in [0.25, 0.3) is 5.91 Å². The van der Waals surface area contributed by atoms with Crippen LogP contribution in [0.25, 0.3) is 0 Å². The monoisotopic (exact) mass is 401 g/mol. The number of nitrogens with two attached hydrogens (primary N) is 1. The van der Waals surface area contributed by atoms with Gasteiger partial charge in [-0.2, -0.15) is 0 Å². The number of aromatic nitrogens is 1. The Morgan fingerprint density at radius 1 is 1.35 bits per heavy atom. The van der Waals surface area contributed by atoms with E-state index >= 15 is 0 Å². The van der Waals surface area contributed by atoms with Crippen molar-refractivity contribution in [2.24, 2.45) is 0 Å². The lowest BCUT2D eigenvalue weighted by Gasteiger charge is -2.09. The molecular formula is C13H10Br2FN3O. The van der Waals surface area contributed by atoms with Gasteiger partial charge in [-0.1, -0.05) is 0 Å². The molecule has 0 atom stereocenters. The third kappa shape index (κ3) is 3.16. The average molecular weight is 403 g/mol. The number of carbonyl (C=O) groups is 1. The van der Waals surface area contributed by atoms with Crippen LogP contribution in [0, 0.1) is 12.7 Å². The van der Waals surface area contributed by atoms with Gasteiger partial charge in [0.15, 0.2) is 0 Å². The van der Waals surface area contributed by atoms with Crippen LogP contribution in [0.1, 0.15) is 15.9 Å². The predicted octanol–water partition coefficient (Wildman–Crippen LogP) is 3.89. The molecule has 1 heterocycles. The van der Waals surface area contributed by atoms with Crippen molar-refractivity contribution in [3.05, 3.63) is 50.4 Å². The number of anilines is 2. The number of aryl methyl sites for hydroxylation is 1. The van der Waals surface area contributed by atoms with Gasteiger partial charge < -0.3 is 11.1 Å². The molecule has 1 amide bonds. The highest BCUT2D eigenvalue weighted by Gasteiger charge is 2.14. The Morgan fingerprint density at radius 3 is 2.70 bits per heavy atom. The second kappa shape index (κ2) is 5.88. The van der Waals surface area contributed by atoms with Crippen molar-refractivity contribution in [1.29, 1.82) is 0 Å². The van der Waals surface area contributed by atoms with Crippen LogP contribution in [0.3, 0.4) is 0 Å². The number of nitrogens with one attached hydrogen (secondary N) is 1. The summed E-state index contributed by atoms with van der Waals surface area (Å²) < 4.78 is 14.3. The molecule has 1 aromatic carbocycles. The van der Waals surface area contributed by atoms with E-state index in [2.05, 4.69) is 42.2 Å². The van der Waals surface area contributed by atoms with Gasteiger partial charge >= 0.3 is 0 Å². The molecular weight excluding hydrogens is 393 g/mol. The second-order valence-corrected chi connectivity index (χ2v) is 5.74. The Hall–Kier alpha value is -1.47. The summed E-state index contributed by atoms with van der Waals surface area (Å²) in [6.07, 6.45) is 1.52. The van der Waals surface area contributed by atoms with Crippen LogP contribution < -0.4 is 11.1 Å². The highest BCUT2D eigenvalue weighted by molar-refractivity contribution is 9.10. The Morgan fingerprint density at radius 2 is 2.05 bits per heavy atom. The summed E-state index contributed by atoms with van der Waals surface area (Å²) in [7, 11) is 0. The molecule has 0 bridgehead atoms. The number of pyridine rings is 1. The maximum absolute atomic E-state index is 13.2. The molecule has 0 saturated heterocycles. The number of rotatable bonds is 2. The molecule has 1 aromatic heterocycles. The summed E-state index contributed by atoms with van der Waals surface area (Å²) in [5, 5.41) is 2.68. The minimum absolute atomic E-state index is 0.0801. The zero-order valence-electron chi connectivity index (χ0n) is 10.4. The smallest absolute Gasteiger partial charge is 0.256 e. The number of hydrogen-bond acceptors (Lipinski definition) is 3. The van der Waals surface area contributed by atoms with Crippen LogP contribution in [0.2, 0.25) is 0 Å². The minimum Gasteiger partial charge on any atom is -0.396 e. The van der Waals surface area contributed by atoms with Crippen molar-refractivity contribution in [1.82, 2.24) is 4.98 Å². The number of benzene rings is 1. The standard InChI is InChI=1S/C13H10Br2FN3O/c1-6-2-7(5-18-12(6)15)19-13(20)8-3-11(17)10(16)4-9(8)14/h2-5H,17H2,1H3,(H,19,20). The van der Waals surface area contributed by atoms with Crippen molar-refractivity contribution in [3.8, 4) is 0 Å². The van der Waals surface area contributed by atoms with Gasteiger partial charge in [0, 0.05) is 4.47 Å². The van der Waals surface area contributed by atoms with E-state index in [4.69, 9.17) is 5.73 Å². The van der Waals surface area contributed by atoms with Crippen LogP contribution in [0.5, 0.6) is 0 Å². The van der Waals surface area contributed by atoms with Crippen LogP contribution >= 0.6 is 31.9 Å². The number of amides is 1. The zero-order chi connectivity index (χ0) is 14.9. The molecule has 0 saturated carbocycles. The molecule has 0 radical (unpaired) electrons. The molecule has 2 rings (SSSR count). The molecule has 0 unspecified atom stereocenters. The molecule has 0 spiro atoms. The highest BCUT2D eigenvalue weighted by atomic mass is 79.9. The summed E-state index contributed by atoms with van der Waals surface area (Å²) in [4.78, 5) is 16.2. The molecule has 104 valence electrons. The fraction of sp³-hybridized carbons (Fsp3) is 0.0769. The Balaban J connectivity index is 2.28. The lowest BCUT2D eigenvalue weighted by atomic mass is 10.1. The molecule has 0 aliphatic heterocycles. The summed E-state index contributed by atoms with van der Waals surface area (Å²) >= 11 is 6.42. The fourth-order valence-corrected chi connectivity index (χ4v) is 2.28. The number of nitrogens with zero attached hydrogens (tertiary/aromatic N) is 1. The summed E-state index contributed by atoms with van der Waals surface area (Å²) in [5.74, 6) is -0.971.